The van der Waals surface area contributed by atoms with Crippen LogP contribution >= 0.6 is 0 Å². The van der Waals surface area contributed by atoms with E-state index >= 15 is 0 Å². The Morgan fingerprint density at radius 2 is 1.83 bits per heavy atom. The monoisotopic (exact) mass is 250 g/mol. The number of nitrogens with one attached hydrogen (secondary N) is 2. The van der Waals surface area contributed by atoms with Gasteiger partial charge in [-0.15, -0.1) is 0 Å². The van der Waals surface area contributed by atoms with Crippen LogP contribution in [-0.4, -0.2) is 37.1 Å². The molecule has 5 heteroatoms. The molecule has 0 atom stereocenters. The highest BCUT2D eigenvalue weighted by molar-refractivity contribution is 5.89. The van der Waals surface area contributed by atoms with Gasteiger partial charge >= 0.3 is 6.03 Å². The standard InChI is InChI=1S/C13H22N4O/c1-3-17(4-2)10-9-15-13(18)16-12-7-5-11(14)6-8-12/h5-8H,3-4,9-10,14H2,1-2H3,(H2,15,16,18). The molecule has 0 aliphatic rings. The molecule has 4 N–H and O–H groups in total. The summed E-state index contributed by atoms with van der Waals surface area (Å²) in [4.78, 5) is 13.8. The van der Waals surface area contributed by atoms with E-state index in [9.17, 15) is 4.79 Å². The van der Waals surface area contributed by atoms with E-state index in [0.717, 1.165) is 25.3 Å². The zero-order chi connectivity index (χ0) is 13.4. The van der Waals surface area contributed by atoms with Crippen molar-refractivity contribution in [3.05, 3.63) is 24.3 Å². The van der Waals surface area contributed by atoms with Crippen molar-refractivity contribution in [1.29, 1.82) is 0 Å². The number of benzene rings is 1. The summed E-state index contributed by atoms with van der Waals surface area (Å²) in [6.07, 6.45) is 0. The van der Waals surface area contributed by atoms with Crippen molar-refractivity contribution >= 4 is 17.4 Å². The molecule has 1 rings (SSSR count). The molecule has 0 unspecified atom stereocenters. The summed E-state index contributed by atoms with van der Waals surface area (Å²) in [7, 11) is 0. The number of nitrogens with zero attached hydrogens (tertiary/aromatic N) is 1. The van der Waals surface area contributed by atoms with Gasteiger partial charge in [0.2, 0.25) is 0 Å². The van der Waals surface area contributed by atoms with Gasteiger partial charge in [0.1, 0.15) is 0 Å². The summed E-state index contributed by atoms with van der Waals surface area (Å²) in [5, 5.41) is 5.58. The van der Waals surface area contributed by atoms with Crippen LogP contribution in [-0.2, 0) is 0 Å². The number of likely N-dealkylation sites (N-methyl/N-ethyl adjacent to an activating group) is 1. The van der Waals surface area contributed by atoms with E-state index in [4.69, 9.17) is 5.73 Å². The van der Waals surface area contributed by atoms with E-state index < -0.39 is 0 Å². The minimum Gasteiger partial charge on any atom is -0.399 e. The molecule has 18 heavy (non-hydrogen) atoms. The summed E-state index contributed by atoms with van der Waals surface area (Å²) in [6.45, 7) is 7.72. The third kappa shape index (κ3) is 5.05. The SMILES string of the molecule is CCN(CC)CCNC(=O)Nc1ccc(N)cc1. The molecule has 0 spiro atoms. The summed E-state index contributed by atoms with van der Waals surface area (Å²) < 4.78 is 0. The van der Waals surface area contributed by atoms with Gasteiger partial charge in [0.15, 0.2) is 0 Å². The highest BCUT2D eigenvalue weighted by Gasteiger charge is 2.02. The minimum absolute atomic E-state index is 0.188. The molecular formula is C13H22N4O. The third-order valence-electron chi connectivity index (χ3n) is 2.78. The fourth-order valence-corrected chi connectivity index (χ4v) is 1.61. The number of carbonyl (C=O) groups excluding carboxylic acids is 1. The number of rotatable bonds is 6. The maximum atomic E-state index is 11.6. The highest BCUT2D eigenvalue weighted by atomic mass is 16.2. The number of hydrogen-bond donors (Lipinski definition) is 3. The van der Waals surface area contributed by atoms with Crippen molar-refractivity contribution in [3.8, 4) is 0 Å². The number of urea groups is 1. The van der Waals surface area contributed by atoms with E-state index in [1.807, 2.05) is 0 Å². The lowest BCUT2D eigenvalue weighted by Crippen LogP contribution is -2.36. The molecule has 0 heterocycles. The molecule has 0 bridgehead atoms. The van der Waals surface area contributed by atoms with E-state index in [1.54, 1.807) is 24.3 Å². The second-order valence-electron chi connectivity index (χ2n) is 4.03. The molecule has 0 fully saturated rings. The lowest BCUT2D eigenvalue weighted by Gasteiger charge is -2.18. The molecule has 100 valence electrons. The van der Waals surface area contributed by atoms with Gasteiger partial charge in [-0.05, 0) is 37.4 Å². The van der Waals surface area contributed by atoms with Crippen LogP contribution in [0.15, 0.2) is 24.3 Å². The Labute approximate surface area is 108 Å². The molecule has 5 nitrogen and oxygen atoms in total. The van der Waals surface area contributed by atoms with Crippen LogP contribution in [0, 0.1) is 0 Å². The van der Waals surface area contributed by atoms with Crippen LogP contribution < -0.4 is 16.4 Å². The first-order valence-electron chi connectivity index (χ1n) is 6.28. The van der Waals surface area contributed by atoms with Gasteiger partial charge in [-0.25, -0.2) is 4.79 Å². The number of amides is 2. The number of nitrogen functional groups attached to an aromatic ring is 1. The average molecular weight is 250 g/mol. The van der Waals surface area contributed by atoms with Crippen molar-refractivity contribution in [2.75, 3.05) is 37.2 Å². The normalized spacial score (nSPS) is 10.4. The van der Waals surface area contributed by atoms with Crippen molar-refractivity contribution in [2.45, 2.75) is 13.8 Å². The Bertz CT molecular complexity index is 360. The predicted octanol–water partition coefficient (Wildman–Crippen LogP) is 1.73. The van der Waals surface area contributed by atoms with Crippen molar-refractivity contribution in [1.82, 2.24) is 10.2 Å². The highest BCUT2D eigenvalue weighted by Crippen LogP contribution is 2.09. The van der Waals surface area contributed by atoms with Crippen LogP contribution in [0.2, 0.25) is 0 Å². The Hall–Kier alpha value is -1.75. The molecule has 0 saturated heterocycles. The molecule has 1 aromatic rings. The molecule has 2 amide bonds. The second kappa shape index (κ2) is 7.55. The topological polar surface area (TPSA) is 70.4 Å². The first-order chi connectivity index (χ1) is 8.65. The van der Waals surface area contributed by atoms with E-state index in [1.165, 1.54) is 0 Å². The quantitative estimate of drug-likeness (QED) is 0.673. The molecule has 0 aliphatic carbocycles. The van der Waals surface area contributed by atoms with Gasteiger partial charge in [-0.3, -0.25) is 0 Å². The Morgan fingerprint density at radius 3 is 2.39 bits per heavy atom. The maximum absolute atomic E-state index is 11.6. The van der Waals surface area contributed by atoms with Crippen LogP contribution in [0.5, 0.6) is 0 Å². The van der Waals surface area contributed by atoms with Gasteiger partial charge in [-0.1, -0.05) is 13.8 Å². The lowest BCUT2D eigenvalue weighted by molar-refractivity contribution is 0.248. The Balaban J connectivity index is 2.27. The van der Waals surface area contributed by atoms with Gasteiger partial charge < -0.3 is 21.3 Å². The zero-order valence-electron chi connectivity index (χ0n) is 11.1. The molecule has 0 radical (unpaired) electrons. The van der Waals surface area contributed by atoms with Crippen LogP contribution in [0.4, 0.5) is 16.2 Å². The summed E-state index contributed by atoms with van der Waals surface area (Å²) in [5.41, 5.74) is 6.99. The molecule has 0 aromatic heterocycles. The first-order valence-corrected chi connectivity index (χ1v) is 6.28. The number of hydrogen-bond acceptors (Lipinski definition) is 3. The van der Waals surface area contributed by atoms with Gasteiger partial charge in [0, 0.05) is 24.5 Å². The van der Waals surface area contributed by atoms with Gasteiger partial charge in [0.25, 0.3) is 0 Å². The molecule has 1 aromatic carbocycles. The smallest absolute Gasteiger partial charge is 0.319 e. The average Bonchev–Trinajstić information content (AvgIpc) is 2.37. The van der Waals surface area contributed by atoms with Crippen molar-refractivity contribution in [3.63, 3.8) is 0 Å². The lowest BCUT2D eigenvalue weighted by atomic mass is 10.3. The van der Waals surface area contributed by atoms with Gasteiger partial charge in [0.05, 0.1) is 0 Å². The van der Waals surface area contributed by atoms with Crippen molar-refractivity contribution in [2.24, 2.45) is 0 Å². The van der Waals surface area contributed by atoms with Crippen molar-refractivity contribution < 1.29 is 4.79 Å². The Morgan fingerprint density at radius 1 is 1.22 bits per heavy atom. The minimum atomic E-state index is -0.188. The summed E-state index contributed by atoms with van der Waals surface area (Å²) in [6, 6.07) is 6.88. The third-order valence-corrected chi connectivity index (χ3v) is 2.78. The predicted molar refractivity (Wildman–Crippen MR) is 75.7 cm³/mol. The summed E-state index contributed by atoms with van der Waals surface area (Å²) >= 11 is 0. The van der Waals surface area contributed by atoms with Crippen LogP contribution in [0.3, 0.4) is 0 Å². The van der Waals surface area contributed by atoms with Crippen LogP contribution in [0.25, 0.3) is 0 Å². The second-order valence-corrected chi connectivity index (χ2v) is 4.03. The number of anilines is 2. The number of nitrogens with two attached hydrogens (primary N) is 1. The fraction of sp³-hybridized carbons (Fsp3) is 0.462. The number of carbonyl (C=O) groups is 1. The maximum Gasteiger partial charge on any atom is 0.319 e. The summed E-state index contributed by atoms with van der Waals surface area (Å²) in [5.74, 6) is 0. The Kier molecular flexibility index (Phi) is 6.00. The zero-order valence-corrected chi connectivity index (χ0v) is 11.1. The molecular weight excluding hydrogens is 228 g/mol. The molecule has 0 saturated carbocycles. The molecule has 0 aliphatic heterocycles. The van der Waals surface area contributed by atoms with E-state index in [-0.39, 0.29) is 6.03 Å². The fourth-order valence-electron chi connectivity index (χ4n) is 1.61. The van der Waals surface area contributed by atoms with E-state index in [2.05, 4.69) is 29.4 Å². The van der Waals surface area contributed by atoms with Crippen LogP contribution in [0.1, 0.15) is 13.8 Å². The van der Waals surface area contributed by atoms with Gasteiger partial charge in [-0.2, -0.15) is 0 Å². The van der Waals surface area contributed by atoms with E-state index in [0.29, 0.717) is 12.2 Å². The largest absolute Gasteiger partial charge is 0.399 e. The first kappa shape index (κ1) is 14.3.